The molecule has 0 bridgehead atoms. The quantitative estimate of drug-likeness (QED) is 0.301. The van der Waals surface area contributed by atoms with Crippen LogP contribution in [0.1, 0.15) is 37.5 Å². The van der Waals surface area contributed by atoms with E-state index in [1.54, 1.807) is 47.4 Å². The predicted octanol–water partition coefficient (Wildman–Crippen LogP) is 7.72. The van der Waals surface area contributed by atoms with Gasteiger partial charge in [-0.05, 0) is 67.6 Å². The number of hydrogen-bond acceptors (Lipinski definition) is 3. The average Bonchev–Trinajstić information content (AvgIpc) is 3.37. The molecule has 1 amide bonds. The zero-order chi connectivity index (χ0) is 27.1. The van der Waals surface area contributed by atoms with E-state index in [1.165, 1.54) is 6.07 Å². The lowest BCUT2D eigenvalue weighted by Crippen LogP contribution is -2.39. The minimum atomic E-state index is -4.50. The summed E-state index contributed by atoms with van der Waals surface area (Å²) in [5, 5.41) is 7.27. The number of carbonyl (C=O) groups excluding carboxylic acids is 1. The number of rotatable bonds is 3. The van der Waals surface area contributed by atoms with Crippen LogP contribution >= 0.6 is 0 Å². The third kappa shape index (κ3) is 5.44. The van der Waals surface area contributed by atoms with E-state index >= 15 is 0 Å². The van der Waals surface area contributed by atoms with Crippen molar-refractivity contribution < 1.29 is 22.7 Å². The Hall–Kier alpha value is -4.07. The number of alkyl halides is 3. The summed E-state index contributed by atoms with van der Waals surface area (Å²) in [5.41, 5.74) is 3.94. The number of ether oxygens (including phenoxy) is 1. The van der Waals surface area contributed by atoms with Gasteiger partial charge in [0.15, 0.2) is 0 Å². The molecule has 196 valence electrons. The zero-order valence-electron chi connectivity index (χ0n) is 21.4. The van der Waals surface area contributed by atoms with Crippen molar-refractivity contribution in [3.63, 3.8) is 0 Å². The van der Waals surface area contributed by atoms with Gasteiger partial charge in [-0.2, -0.15) is 18.3 Å². The molecule has 0 radical (unpaired) electrons. The maximum Gasteiger partial charge on any atom is 0.417 e. The van der Waals surface area contributed by atoms with E-state index in [1.807, 2.05) is 39.0 Å². The summed E-state index contributed by atoms with van der Waals surface area (Å²) in [4.78, 5) is 14.1. The van der Waals surface area contributed by atoms with Gasteiger partial charge in [0, 0.05) is 24.2 Å². The molecule has 2 heterocycles. The molecule has 0 saturated heterocycles. The third-order valence-electron chi connectivity index (χ3n) is 6.46. The summed E-state index contributed by atoms with van der Waals surface area (Å²) in [6.45, 7) is 6.54. The van der Waals surface area contributed by atoms with Crippen molar-refractivity contribution in [1.29, 1.82) is 0 Å². The molecule has 1 N–H and O–H groups in total. The molecule has 0 saturated carbocycles. The summed E-state index contributed by atoms with van der Waals surface area (Å²) in [6, 6.07) is 20.6. The Labute approximate surface area is 219 Å². The van der Waals surface area contributed by atoms with Gasteiger partial charge in [-0.3, -0.25) is 5.10 Å². The Bertz CT molecular complexity index is 1470. The number of hydrogen-bond donors (Lipinski definition) is 1. The van der Waals surface area contributed by atoms with Crippen molar-refractivity contribution in [3.05, 3.63) is 89.5 Å². The fourth-order valence-corrected chi connectivity index (χ4v) is 4.63. The van der Waals surface area contributed by atoms with Gasteiger partial charge in [0.25, 0.3) is 0 Å². The van der Waals surface area contributed by atoms with E-state index in [-0.39, 0.29) is 11.7 Å². The SMILES string of the molecule is CC(C)(C)OC(=O)N1CCc2cc(-c3cc(-c4ccc(-c5ccccc5)c(C(F)(F)F)c4)[nH]n3)ccc2C1. The van der Waals surface area contributed by atoms with Gasteiger partial charge in [0.05, 0.1) is 17.0 Å². The van der Waals surface area contributed by atoms with Crippen LogP contribution in [0, 0.1) is 0 Å². The number of amides is 1. The Morgan fingerprint density at radius 3 is 2.34 bits per heavy atom. The van der Waals surface area contributed by atoms with Crippen LogP contribution in [-0.2, 0) is 23.9 Å². The lowest BCUT2D eigenvalue weighted by Gasteiger charge is -2.31. The molecular weight excluding hydrogens is 491 g/mol. The van der Waals surface area contributed by atoms with Crippen molar-refractivity contribution in [2.75, 3.05) is 6.54 Å². The summed E-state index contributed by atoms with van der Waals surface area (Å²) < 4.78 is 47.4. The van der Waals surface area contributed by atoms with E-state index in [0.717, 1.165) is 22.8 Å². The molecule has 5 nitrogen and oxygen atoms in total. The molecule has 1 aromatic heterocycles. The molecule has 38 heavy (non-hydrogen) atoms. The Morgan fingerprint density at radius 2 is 1.63 bits per heavy atom. The molecule has 5 rings (SSSR count). The van der Waals surface area contributed by atoms with Crippen LogP contribution in [-0.4, -0.2) is 33.3 Å². The second-order valence-corrected chi connectivity index (χ2v) is 10.4. The lowest BCUT2D eigenvalue weighted by atomic mass is 9.95. The smallest absolute Gasteiger partial charge is 0.417 e. The first-order valence-electron chi connectivity index (χ1n) is 12.4. The van der Waals surface area contributed by atoms with Crippen molar-refractivity contribution in [2.24, 2.45) is 0 Å². The van der Waals surface area contributed by atoms with Gasteiger partial charge in [0.1, 0.15) is 5.60 Å². The van der Waals surface area contributed by atoms with Crippen LogP contribution in [0.2, 0.25) is 0 Å². The van der Waals surface area contributed by atoms with Crippen molar-refractivity contribution in [2.45, 2.75) is 45.5 Å². The summed E-state index contributed by atoms with van der Waals surface area (Å²) >= 11 is 0. The van der Waals surface area contributed by atoms with Gasteiger partial charge in [-0.1, -0.05) is 54.6 Å². The predicted molar refractivity (Wildman–Crippen MR) is 140 cm³/mol. The highest BCUT2D eigenvalue weighted by atomic mass is 19.4. The number of aromatic amines is 1. The molecule has 0 fully saturated rings. The van der Waals surface area contributed by atoms with Crippen LogP contribution in [0.15, 0.2) is 72.8 Å². The van der Waals surface area contributed by atoms with Gasteiger partial charge >= 0.3 is 12.3 Å². The minimum absolute atomic E-state index is 0.136. The summed E-state index contributed by atoms with van der Waals surface area (Å²) in [7, 11) is 0. The second kappa shape index (κ2) is 9.67. The van der Waals surface area contributed by atoms with E-state index in [4.69, 9.17) is 4.74 Å². The second-order valence-electron chi connectivity index (χ2n) is 10.4. The van der Waals surface area contributed by atoms with Gasteiger partial charge in [-0.25, -0.2) is 4.79 Å². The monoisotopic (exact) mass is 519 g/mol. The number of fused-ring (bicyclic) bond motifs is 1. The van der Waals surface area contributed by atoms with Gasteiger partial charge < -0.3 is 9.64 Å². The highest BCUT2D eigenvalue weighted by Crippen LogP contribution is 2.39. The summed E-state index contributed by atoms with van der Waals surface area (Å²) in [6.07, 6.45) is -4.16. The number of nitrogens with zero attached hydrogens (tertiary/aromatic N) is 2. The van der Waals surface area contributed by atoms with Crippen molar-refractivity contribution >= 4 is 6.09 Å². The fourth-order valence-electron chi connectivity index (χ4n) is 4.63. The van der Waals surface area contributed by atoms with Crippen LogP contribution in [0.25, 0.3) is 33.6 Å². The Morgan fingerprint density at radius 1 is 0.895 bits per heavy atom. The first-order chi connectivity index (χ1) is 18.0. The lowest BCUT2D eigenvalue weighted by molar-refractivity contribution is -0.137. The van der Waals surface area contributed by atoms with E-state index in [0.29, 0.717) is 42.0 Å². The van der Waals surface area contributed by atoms with Gasteiger partial charge in [0.2, 0.25) is 0 Å². The molecule has 4 aromatic rings. The Balaban J connectivity index is 1.39. The minimum Gasteiger partial charge on any atom is -0.444 e. The number of halogens is 3. The molecule has 3 aromatic carbocycles. The van der Waals surface area contributed by atoms with Gasteiger partial charge in [-0.15, -0.1) is 0 Å². The number of aromatic nitrogens is 2. The molecule has 0 atom stereocenters. The third-order valence-corrected chi connectivity index (χ3v) is 6.46. The molecule has 0 unspecified atom stereocenters. The Kier molecular flexibility index (Phi) is 6.51. The normalized spacial score (nSPS) is 13.8. The highest BCUT2D eigenvalue weighted by Gasteiger charge is 2.34. The number of carbonyl (C=O) groups is 1. The van der Waals surface area contributed by atoms with Crippen LogP contribution in [0.3, 0.4) is 0 Å². The first kappa shape index (κ1) is 25.6. The van der Waals surface area contributed by atoms with Crippen LogP contribution in [0.4, 0.5) is 18.0 Å². The van der Waals surface area contributed by atoms with Crippen molar-refractivity contribution in [1.82, 2.24) is 15.1 Å². The largest absolute Gasteiger partial charge is 0.444 e. The molecule has 1 aliphatic rings. The fraction of sp³-hybridized carbons (Fsp3) is 0.267. The van der Waals surface area contributed by atoms with Crippen LogP contribution in [0.5, 0.6) is 0 Å². The van der Waals surface area contributed by atoms with Crippen molar-refractivity contribution in [3.8, 4) is 33.6 Å². The van der Waals surface area contributed by atoms with E-state index in [2.05, 4.69) is 10.2 Å². The average molecular weight is 520 g/mol. The highest BCUT2D eigenvalue weighted by molar-refractivity contribution is 5.75. The summed E-state index contributed by atoms with van der Waals surface area (Å²) in [5.74, 6) is 0. The molecular formula is C30H28F3N3O2. The zero-order valence-corrected chi connectivity index (χ0v) is 21.4. The maximum absolute atomic E-state index is 14.0. The number of H-pyrrole nitrogens is 1. The molecule has 0 aliphatic carbocycles. The molecule has 1 aliphatic heterocycles. The number of nitrogens with one attached hydrogen (secondary N) is 1. The van der Waals surface area contributed by atoms with Crippen LogP contribution < -0.4 is 0 Å². The standard InChI is InChI=1S/C30H28F3N3O2/c1-29(2,3)38-28(37)36-14-13-20-15-21(9-10-23(20)18-36)26-17-27(35-34-26)22-11-12-24(19-7-5-4-6-8-19)25(16-22)30(31,32)33/h4-12,15-17H,13-14,18H2,1-3H3,(H,34,35). The van der Waals surface area contributed by atoms with E-state index in [9.17, 15) is 18.0 Å². The maximum atomic E-state index is 14.0. The first-order valence-corrected chi connectivity index (χ1v) is 12.4. The van der Waals surface area contributed by atoms with E-state index < -0.39 is 17.3 Å². The molecule has 8 heteroatoms. The number of benzene rings is 3. The topological polar surface area (TPSA) is 58.2 Å². The molecule has 0 spiro atoms.